The quantitative estimate of drug-likeness (QED) is 0.188. The number of fused-ring (bicyclic) bond motifs is 2. The van der Waals surface area contributed by atoms with Gasteiger partial charge in [-0.1, -0.05) is 39.8 Å². The van der Waals surface area contributed by atoms with Gasteiger partial charge in [-0.05, 0) is 62.9 Å². The number of hydrogen-bond donors (Lipinski definition) is 2. The predicted octanol–water partition coefficient (Wildman–Crippen LogP) is 7.46. The zero-order valence-electron chi connectivity index (χ0n) is 26.5. The third-order valence-corrected chi connectivity index (χ3v) is 10.5. The van der Waals surface area contributed by atoms with Crippen molar-refractivity contribution in [3.05, 3.63) is 92.3 Å². The molecule has 0 aromatic carbocycles. The maximum absolute atomic E-state index is 13.7. The minimum Gasteiger partial charge on any atom is -0.361 e. The Morgan fingerprint density at radius 2 is 1.16 bits per heavy atom. The summed E-state index contributed by atoms with van der Waals surface area (Å²) in [5.41, 5.74) is 3.77. The number of aromatic nitrogens is 2. The van der Waals surface area contributed by atoms with Crippen LogP contribution in [0.3, 0.4) is 0 Å². The molecule has 236 valence electrons. The van der Waals surface area contributed by atoms with Crippen LogP contribution < -0.4 is 20.4 Å². The SMILES string of the molecule is CNCC[C@@H](c1cccs1)N1CC(C)(C)c2ncc(F)cc21.CNCC[C@H](c1cccs1)N1CC(C)(C)c2ncc(F)cc21. The molecule has 44 heavy (non-hydrogen) atoms. The first-order valence-electron chi connectivity index (χ1n) is 15.3. The molecular formula is C34H44F2N6S2. The zero-order valence-corrected chi connectivity index (χ0v) is 28.2. The third-order valence-electron chi connectivity index (χ3n) is 8.53. The largest absolute Gasteiger partial charge is 0.361 e. The summed E-state index contributed by atoms with van der Waals surface area (Å²) in [7, 11) is 3.93. The average Bonchev–Trinajstić information content (AvgIpc) is 3.78. The van der Waals surface area contributed by atoms with Crippen molar-refractivity contribution in [2.45, 2.75) is 63.5 Å². The fourth-order valence-electron chi connectivity index (χ4n) is 6.49. The Hall–Kier alpha value is -2.92. The second kappa shape index (κ2) is 13.6. The highest BCUT2D eigenvalue weighted by Gasteiger charge is 2.41. The van der Waals surface area contributed by atoms with Crippen molar-refractivity contribution in [2.75, 3.05) is 50.1 Å². The van der Waals surface area contributed by atoms with Crippen molar-refractivity contribution in [1.29, 1.82) is 0 Å². The molecular weight excluding hydrogens is 595 g/mol. The van der Waals surface area contributed by atoms with Crippen LogP contribution >= 0.6 is 22.7 Å². The van der Waals surface area contributed by atoms with Gasteiger partial charge in [-0.15, -0.1) is 22.7 Å². The van der Waals surface area contributed by atoms with E-state index in [-0.39, 0.29) is 34.5 Å². The van der Waals surface area contributed by atoms with E-state index in [4.69, 9.17) is 0 Å². The van der Waals surface area contributed by atoms with E-state index in [1.807, 2.05) is 14.1 Å². The number of thiophene rings is 2. The maximum Gasteiger partial charge on any atom is 0.143 e. The smallest absolute Gasteiger partial charge is 0.143 e. The normalized spacial score (nSPS) is 17.5. The number of anilines is 2. The highest BCUT2D eigenvalue weighted by atomic mass is 32.1. The molecule has 0 aliphatic carbocycles. The third kappa shape index (κ3) is 6.83. The van der Waals surface area contributed by atoms with Crippen LogP contribution in [0.25, 0.3) is 0 Å². The average molecular weight is 639 g/mol. The van der Waals surface area contributed by atoms with Crippen LogP contribution in [0.2, 0.25) is 0 Å². The van der Waals surface area contributed by atoms with Crippen LogP contribution in [-0.2, 0) is 10.8 Å². The van der Waals surface area contributed by atoms with Gasteiger partial charge in [-0.25, -0.2) is 8.78 Å². The highest BCUT2D eigenvalue weighted by Crippen LogP contribution is 2.46. The zero-order chi connectivity index (χ0) is 31.5. The van der Waals surface area contributed by atoms with Gasteiger partial charge in [0, 0.05) is 45.8 Å². The minimum absolute atomic E-state index is 0.0574. The van der Waals surface area contributed by atoms with Crippen molar-refractivity contribution in [1.82, 2.24) is 20.6 Å². The number of nitrogens with zero attached hydrogens (tertiary/aromatic N) is 4. The fraction of sp³-hybridized carbons (Fsp3) is 0.471. The lowest BCUT2D eigenvalue weighted by atomic mass is 9.91. The molecule has 0 saturated carbocycles. The van der Waals surface area contributed by atoms with Gasteiger partial charge >= 0.3 is 0 Å². The Kier molecular flexibility index (Phi) is 10.0. The molecule has 6 nitrogen and oxygen atoms in total. The van der Waals surface area contributed by atoms with Crippen LogP contribution in [0.4, 0.5) is 20.2 Å². The molecule has 6 heterocycles. The van der Waals surface area contributed by atoms with Gasteiger partial charge in [0.2, 0.25) is 0 Å². The van der Waals surface area contributed by atoms with Gasteiger partial charge < -0.3 is 20.4 Å². The molecule has 0 radical (unpaired) electrons. The van der Waals surface area contributed by atoms with Gasteiger partial charge in [0.05, 0.1) is 47.2 Å². The number of pyridine rings is 2. The van der Waals surface area contributed by atoms with E-state index >= 15 is 0 Å². The molecule has 6 rings (SSSR count). The Balaban J connectivity index is 0.000000175. The van der Waals surface area contributed by atoms with Crippen molar-refractivity contribution >= 4 is 34.0 Å². The van der Waals surface area contributed by atoms with Crippen molar-refractivity contribution in [3.63, 3.8) is 0 Å². The van der Waals surface area contributed by atoms with Gasteiger partial charge in [0.1, 0.15) is 11.6 Å². The second-order valence-electron chi connectivity index (χ2n) is 12.9. The Morgan fingerprint density at radius 3 is 1.50 bits per heavy atom. The molecule has 2 aliphatic rings. The summed E-state index contributed by atoms with van der Waals surface area (Å²) >= 11 is 3.53. The molecule has 2 atom stereocenters. The number of nitrogens with one attached hydrogen (secondary N) is 2. The van der Waals surface area contributed by atoms with Gasteiger partial charge in [-0.3, -0.25) is 9.97 Å². The summed E-state index contributed by atoms with van der Waals surface area (Å²) in [4.78, 5) is 16.1. The molecule has 4 aromatic rings. The summed E-state index contributed by atoms with van der Waals surface area (Å²) in [5, 5.41) is 10.7. The van der Waals surface area contributed by atoms with E-state index in [9.17, 15) is 8.78 Å². The van der Waals surface area contributed by atoms with Crippen LogP contribution in [-0.4, -0.2) is 50.2 Å². The molecule has 10 heteroatoms. The standard InChI is InChI=1S/2C17H22FN3S/c2*1-17(2)11-21(14-9-12(18)10-20-16(14)17)13(6-7-19-3)15-5-4-8-22-15/h2*4-5,8-10,13,19H,6-7,11H2,1-3H3/t2*13-/m10/s1. The topological polar surface area (TPSA) is 56.3 Å². The van der Waals surface area contributed by atoms with E-state index < -0.39 is 0 Å². The Labute approximate surface area is 268 Å². The summed E-state index contributed by atoms with van der Waals surface area (Å²) in [6.07, 6.45) is 4.64. The Morgan fingerprint density at radius 1 is 0.750 bits per heavy atom. The van der Waals surface area contributed by atoms with Crippen LogP contribution in [0, 0.1) is 11.6 Å². The number of halogens is 2. The van der Waals surface area contributed by atoms with E-state index in [0.29, 0.717) is 0 Å². The van der Waals surface area contributed by atoms with Crippen LogP contribution in [0.5, 0.6) is 0 Å². The summed E-state index contributed by atoms with van der Waals surface area (Å²) in [6.45, 7) is 12.3. The molecule has 2 N–H and O–H groups in total. The number of hydrogen-bond acceptors (Lipinski definition) is 8. The van der Waals surface area contributed by atoms with Crippen LogP contribution in [0.1, 0.15) is 73.8 Å². The van der Waals surface area contributed by atoms with Gasteiger partial charge in [0.15, 0.2) is 0 Å². The highest BCUT2D eigenvalue weighted by molar-refractivity contribution is 7.10. The first-order chi connectivity index (χ1) is 21.1. The summed E-state index contributed by atoms with van der Waals surface area (Å²) in [6, 6.07) is 12.3. The molecule has 0 saturated heterocycles. The molecule has 4 aromatic heterocycles. The van der Waals surface area contributed by atoms with E-state index in [0.717, 1.165) is 61.8 Å². The van der Waals surface area contributed by atoms with E-state index in [1.54, 1.807) is 34.8 Å². The Bertz CT molecular complexity index is 1390. The van der Waals surface area contributed by atoms with Gasteiger partial charge in [0.25, 0.3) is 0 Å². The first kappa shape index (κ1) is 32.5. The number of rotatable bonds is 10. The lowest BCUT2D eigenvalue weighted by Crippen LogP contribution is -2.33. The lowest BCUT2D eigenvalue weighted by Gasteiger charge is -2.31. The van der Waals surface area contributed by atoms with Crippen molar-refractivity contribution in [2.24, 2.45) is 0 Å². The molecule has 0 unspecified atom stereocenters. The predicted molar refractivity (Wildman–Crippen MR) is 180 cm³/mol. The minimum atomic E-state index is -0.264. The molecule has 0 spiro atoms. The fourth-order valence-corrected chi connectivity index (χ4v) is 8.24. The van der Waals surface area contributed by atoms with Crippen LogP contribution in [0.15, 0.2) is 59.6 Å². The molecule has 2 aliphatic heterocycles. The van der Waals surface area contributed by atoms with E-state index in [2.05, 4.69) is 93.1 Å². The molecule has 0 amide bonds. The van der Waals surface area contributed by atoms with Gasteiger partial charge in [-0.2, -0.15) is 0 Å². The van der Waals surface area contributed by atoms with Crippen molar-refractivity contribution < 1.29 is 8.78 Å². The molecule has 0 bridgehead atoms. The lowest BCUT2D eigenvalue weighted by molar-refractivity contribution is 0.493. The molecule has 0 fully saturated rings. The van der Waals surface area contributed by atoms with Crippen molar-refractivity contribution in [3.8, 4) is 0 Å². The van der Waals surface area contributed by atoms with E-state index in [1.165, 1.54) is 22.1 Å². The monoisotopic (exact) mass is 638 g/mol. The maximum atomic E-state index is 13.7. The summed E-state index contributed by atoms with van der Waals surface area (Å²) < 4.78 is 27.5. The summed E-state index contributed by atoms with van der Waals surface area (Å²) in [5.74, 6) is -0.528. The first-order valence-corrected chi connectivity index (χ1v) is 17.0. The second-order valence-corrected chi connectivity index (χ2v) is 14.9.